The van der Waals surface area contributed by atoms with Gasteiger partial charge in [-0.2, -0.15) is 0 Å². The summed E-state index contributed by atoms with van der Waals surface area (Å²) >= 11 is 0. The average Bonchev–Trinajstić information content (AvgIpc) is 2.82. The highest BCUT2D eigenvalue weighted by Crippen LogP contribution is 2.16. The Morgan fingerprint density at radius 2 is 2.11 bits per heavy atom. The normalized spacial score (nSPS) is 17.9. The van der Waals surface area contributed by atoms with Crippen LogP contribution < -0.4 is 0 Å². The van der Waals surface area contributed by atoms with Crippen LogP contribution in [0.25, 0.3) is 10.9 Å². The summed E-state index contributed by atoms with van der Waals surface area (Å²) in [5, 5.41) is 1.25. The van der Waals surface area contributed by atoms with Gasteiger partial charge in [-0.15, -0.1) is 0 Å². The van der Waals surface area contributed by atoms with E-state index >= 15 is 0 Å². The van der Waals surface area contributed by atoms with Gasteiger partial charge >= 0.3 is 0 Å². The Bertz CT molecular complexity index is 590. The van der Waals surface area contributed by atoms with Crippen LogP contribution in [0.15, 0.2) is 30.5 Å². The molecular formula is C15H19N3O. The van der Waals surface area contributed by atoms with E-state index < -0.39 is 0 Å². The third-order valence-corrected chi connectivity index (χ3v) is 3.84. The number of hydrogen-bond acceptors (Lipinski definition) is 2. The molecule has 1 amide bonds. The standard InChI is InChI=1S/C15H19N3O/c1-17-8-9-18(7-5-15(17)19)11-12-2-3-14-13(10-12)4-6-16-14/h2-4,6,10,16H,5,7-9,11H2,1H3. The highest BCUT2D eigenvalue weighted by Gasteiger charge is 2.17. The molecule has 0 spiro atoms. The lowest BCUT2D eigenvalue weighted by atomic mass is 10.1. The lowest BCUT2D eigenvalue weighted by Gasteiger charge is -2.19. The van der Waals surface area contributed by atoms with Crippen molar-refractivity contribution in [3.05, 3.63) is 36.0 Å². The van der Waals surface area contributed by atoms with Gasteiger partial charge < -0.3 is 9.88 Å². The second-order valence-electron chi connectivity index (χ2n) is 5.24. The smallest absolute Gasteiger partial charge is 0.223 e. The SMILES string of the molecule is CN1CCN(Cc2ccc3[nH]ccc3c2)CCC1=O. The van der Waals surface area contributed by atoms with Crippen LogP contribution >= 0.6 is 0 Å². The molecule has 4 heteroatoms. The van der Waals surface area contributed by atoms with Crippen molar-refractivity contribution in [2.24, 2.45) is 0 Å². The van der Waals surface area contributed by atoms with E-state index in [0.29, 0.717) is 6.42 Å². The largest absolute Gasteiger partial charge is 0.361 e. The Morgan fingerprint density at radius 3 is 3.00 bits per heavy atom. The minimum absolute atomic E-state index is 0.253. The molecule has 1 saturated heterocycles. The maximum absolute atomic E-state index is 11.6. The zero-order chi connectivity index (χ0) is 13.2. The number of aromatic nitrogens is 1. The quantitative estimate of drug-likeness (QED) is 0.891. The van der Waals surface area contributed by atoms with E-state index in [0.717, 1.165) is 26.2 Å². The Morgan fingerprint density at radius 1 is 1.21 bits per heavy atom. The molecule has 1 N–H and O–H groups in total. The van der Waals surface area contributed by atoms with Gasteiger partial charge in [-0.1, -0.05) is 6.07 Å². The lowest BCUT2D eigenvalue weighted by Crippen LogP contribution is -2.29. The van der Waals surface area contributed by atoms with Crippen LogP contribution in [0.3, 0.4) is 0 Å². The molecule has 0 atom stereocenters. The van der Waals surface area contributed by atoms with Gasteiger partial charge in [0.05, 0.1) is 0 Å². The summed E-state index contributed by atoms with van der Waals surface area (Å²) in [7, 11) is 1.89. The van der Waals surface area contributed by atoms with Gasteiger partial charge in [-0.25, -0.2) is 0 Å². The van der Waals surface area contributed by atoms with E-state index in [1.807, 2.05) is 18.1 Å². The third-order valence-electron chi connectivity index (χ3n) is 3.84. The van der Waals surface area contributed by atoms with E-state index in [4.69, 9.17) is 0 Å². The van der Waals surface area contributed by atoms with Gasteiger partial charge in [0.15, 0.2) is 0 Å². The molecule has 0 unspecified atom stereocenters. The zero-order valence-electron chi connectivity index (χ0n) is 11.2. The number of carbonyl (C=O) groups excluding carboxylic acids is 1. The lowest BCUT2D eigenvalue weighted by molar-refractivity contribution is -0.129. The first-order valence-electron chi connectivity index (χ1n) is 6.75. The van der Waals surface area contributed by atoms with Crippen LogP contribution in [-0.4, -0.2) is 47.4 Å². The molecule has 0 saturated carbocycles. The van der Waals surface area contributed by atoms with Crippen molar-refractivity contribution in [1.82, 2.24) is 14.8 Å². The van der Waals surface area contributed by atoms with Gasteiger partial charge in [-0.05, 0) is 29.1 Å². The second kappa shape index (κ2) is 5.05. The predicted molar refractivity (Wildman–Crippen MR) is 75.8 cm³/mol. The summed E-state index contributed by atoms with van der Waals surface area (Å²) in [5.41, 5.74) is 2.48. The third kappa shape index (κ3) is 2.63. The fourth-order valence-corrected chi connectivity index (χ4v) is 2.59. The van der Waals surface area contributed by atoms with Crippen molar-refractivity contribution >= 4 is 16.8 Å². The monoisotopic (exact) mass is 257 g/mol. The number of fused-ring (bicyclic) bond motifs is 1. The number of H-pyrrole nitrogens is 1. The highest BCUT2D eigenvalue weighted by atomic mass is 16.2. The molecule has 2 heterocycles. The molecule has 1 aromatic heterocycles. The maximum atomic E-state index is 11.6. The van der Waals surface area contributed by atoms with Crippen LogP contribution in [0.1, 0.15) is 12.0 Å². The molecule has 4 nitrogen and oxygen atoms in total. The summed E-state index contributed by atoms with van der Waals surface area (Å²) in [4.78, 5) is 19.0. The number of rotatable bonds is 2. The summed E-state index contributed by atoms with van der Waals surface area (Å²) in [6, 6.07) is 8.61. The van der Waals surface area contributed by atoms with Crippen molar-refractivity contribution in [1.29, 1.82) is 0 Å². The van der Waals surface area contributed by atoms with E-state index in [2.05, 4.69) is 34.1 Å². The van der Waals surface area contributed by atoms with Crippen molar-refractivity contribution < 1.29 is 4.79 Å². The number of carbonyl (C=O) groups is 1. The molecule has 100 valence electrons. The van der Waals surface area contributed by atoms with Gasteiger partial charge in [0, 0.05) is 51.4 Å². The van der Waals surface area contributed by atoms with Crippen molar-refractivity contribution in [2.45, 2.75) is 13.0 Å². The molecule has 0 radical (unpaired) electrons. The van der Waals surface area contributed by atoms with Crippen molar-refractivity contribution in [2.75, 3.05) is 26.7 Å². The van der Waals surface area contributed by atoms with E-state index in [1.54, 1.807) is 0 Å². The number of likely N-dealkylation sites (N-methyl/N-ethyl adjacent to an activating group) is 1. The van der Waals surface area contributed by atoms with Crippen LogP contribution in [-0.2, 0) is 11.3 Å². The number of aromatic amines is 1. The van der Waals surface area contributed by atoms with Gasteiger partial charge in [0.2, 0.25) is 5.91 Å². The maximum Gasteiger partial charge on any atom is 0.223 e. The fourth-order valence-electron chi connectivity index (χ4n) is 2.59. The van der Waals surface area contributed by atoms with Crippen LogP contribution in [0.5, 0.6) is 0 Å². The molecule has 1 aliphatic heterocycles. The first kappa shape index (κ1) is 12.2. The number of benzene rings is 1. The molecule has 1 aliphatic rings. The Balaban J connectivity index is 1.71. The highest BCUT2D eigenvalue weighted by molar-refractivity contribution is 5.80. The number of amides is 1. The molecule has 0 bridgehead atoms. The van der Waals surface area contributed by atoms with Crippen LogP contribution in [0.4, 0.5) is 0 Å². The molecule has 1 fully saturated rings. The number of hydrogen-bond donors (Lipinski definition) is 1. The van der Waals surface area contributed by atoms with Crippen LogP contribution in [0, 0.1) is 0 Å². The minimum atomic E-state index is 0.253. The molecule has 3 rings (SSSR count). The Labute approximate surface area is 113 Å². The fraction of sp³-hybridized carbons (Fsp3) is 0.400. The summed E-state index contributed by atoms with van der Waals surface area (Å²) in [5.74, 6) is 0.253. The average molecular weight is 257 g/mol. The summed E-state index contributed by atoms with van der Waals surface area (Å²) < 4.78 is 0. The van der Waals surface area contributed by atoms with Gasteiger partial charge in [0.1, 0.15) is 0 Å². The summed E-state index contributed by atoms with van der Waals surface area (Å²) in [6.45, 7) is 3.55. The molecule has 19 heavy (non-hydrogen) atoms. The molecule has 2 aromatic rings. The van der Waals surface area contributed by atoms with Crippen molar-refractivity contribution in [3.63, 3.8) is 0 Å². The van der Waals surface area contributed by atoms with Gasteiger partial charge in [-0.3, -0.25) is 9.69 Å². The second-order valence-corrected chi connectivity index (χ2v) is 5.24. The Kier molecular flexibility index (Phi) is 3.25. The predicted octanol–water partition coefficient (Wildman–Crippen LogP) is 1.83. The van der Waals surface area contributed by atoms with E-state index in [9.17, 15) is 4.79 Å². The first-order valence-corrected chi connectivity index (χ1v) is 6.75. The van der Waals surface area contributed by atoms with E-state index in [1.165, 1.54) is 16.5 Å². The minimum Gasteiger partial charge on any atom is -0.361 e. The Hall–Kier alpha value is -1.81. The topological polar surface area (TPSA) is 39.3 Å². The van der Waals surface area contributed by atoms with Crippen molar-refractivity contribution in [3.8, 4) is 0 Å². The van der Waals surface area contributed by atoms with Gasteiger partial charge in [0.25, 0.3) is 0 Å². The molecule has 1 aromatic carbocycles. The zero-order valence-corrected chi connectivity index (χ0v) is 11.2. The van der Waals surface area contributed by atoms with E-state index in [-0.39, 0.29) is 5.91 Å². The van der Waals surface area contributed by atoms with Crippen LogP contribution in [0.2, 0.25) is 0 Å². The first-order chi connectivity index (χ1) is 9.22. The molecule has 0 aliphatic carbocycles. The number of nitrogens with zero attached hydrogens (tertiary/aromatic N) is 2. The molecular weight excluding hydrogens is 238 g/mol. The number of nitrogens with one attached hydrogen (secondary N) is 1. The summed E-state index contributed by atoms with van der Waals surface area (Å²) in [6.07, 6.45) is 2.59.